The first-order valence-corrected chi connectivity index (χ1v) is 14.0. The van der Waals surface area contributed by atoms with Gasteiger partial charge in [-0.3, -0.25) is 9.69 Å². The van der Waals surface area contributed by atoms with Crippen molar-refractivity contribution in [2.24, 2.45) is 0 Å². The summed E-state index contributed by atoms with van der Waals surface area (Å²) in [6, 6.07) is 14.8. The molecule has 2 aromatic heterocycles. The van der Waals surface area contributed by atoms with E-state index >= 15 is 0 Å². The average molecular weight is 530 g/mol. The van der Waals surface area contributed by atoms with Crippen LogP contribution in [0.15, 0.2) is 70.2 Å². The highest BCUT2D eigenvalue weighted by Crippen LogP contribution is 2.34. The minimum absolute atomic E-state index is 0.117. The zero-order valence-electron chi connectivity index (χ0n) is 19.1. The fraction of sp³-hybridized carbons (Fsp3) is 0.280. The highest BCUT2D eigenvalue weighted by molar-refractivity contribution is 7.89. The second-order valence-electron chi connectivity index (χ2n) is 8.38. The molecule has 4 aromatic rings. The Kier molecular flexibility index (Phi) is 6.67. The van der Waals surface area contributed by atoms with Crippen LogP contribution in [0.5, 0.6) is 0 Å². The summed E-state index contributed by atoms with van der Waals surface area (Å²) >= 11 is 7.37. The van der Waals surface area contributed by atoms with E-state index in [1.165, 1.54) is 45.5 Å². The zero-order valence-corrected chi connectivity index (χ0v) is 21.4. The Morgan fingerprint density at radius 3 is 2.74 bits per heavy atom. The van der Waals surface area contributed by atoms with Crippen molar-refractivity contribution in [3.63, 3.8) is 0 Å². The molecular weight excluding hydrogens is 506 g/mol. The third kappa shape index (κ3) is 4.73. The van der Waals surface area contributed by atoms with Crippen LogP contribution in [0.1, 0.15) is 31.1 Å². The molecule has 0 N–H and O–H groups in total. The number of amides is 1. The molecular formula is C25H24ClN3O4S2. The fourth-order valence-electron chi connectivity index (χ4n) is 4.29. The van der Waals surface area contributed by atoms with Gasteiger partial charge in [0.1, 0.15) is 11.8 Å². The number of fused-ring (bicyclic) bond motifs is 1. The molecule has 10 heteroatoms. The third-order valence-electron chi connectivity index (χ3n) is 6.15. The van der Waals surface area contributed by atoms with Crippen molar-refractivity contribution < 1.29 is 17.6 Å². The second-order valence-corrected chi connectivity index (χ2v) is 11.7. The lowest BCUT2D eigenvalue weighted by Gasteiger charge is -2.28. The molecule has 2 aromatic carbocycles. The summed E-state index contributed by atoms with van der Waals surface area (Å²) in [5.74, 6) is 0.281. The highest BCUT2D eigenvalue weighted by Gasteiger charge is 2.42. The molecule has 1 aliphatic heterocycles. The van der Waals surface area contributed by atoms with Gasteiger partial charge in [0.25, 0.3) is 0 Å². The van der Waals surface area contributed by atoms with Crippen molar-refractivity contribution in [2.45, 2.75) is 43.7 Å². The summed E-state index contributed by atoms with van der Waals surface area (Å²) in [4.78, 5) is 20.3. The van der Waals surface area contributed by atoms with E-state index in [0.717, 1.165) is 16.6 Å². The Balaban J connectivity index is 1.51. The molecule has 3 heterocycles. The van der Waals surface area contributed by atoms with E-state index in [0.29, 0.717) is 28.8 Å². The van der Waals surface area contributed by atoms with Crippen molar-refractivity contribution in [3.05, 3.63) is 77.2 Å². The maximum Gasteiger partial charge on any atom is 0.247 e. The van der Waals surface area contributed by atoms with Gasteiger partial charge in [0.05, 0.1) is 27.9 Å². The van der Waals surface area contributed by atoms with Gasteiger partial charge in [0.2, 0.25) is 15.9 Å². The molecule has 0 spiro atoms. The van der Waals surface area contributed by atoms with Crippen LogP contribution in [-0.2, 0) is 27.8 Å². The zero-order chi connectivity index (χ0) is 24.6. The van der Waals surface area contributed by atoms with Gasteiger partial charge in [0.15, 0.2) is 5.13 Å². The van der Waals surface area contributed by atoms with E-state index in [1.807, 2.05) is 12.1 Å². The molecule has 7 nitrogen and oxygen atoms in total. The molecule has 0 radical (unpaired) electrons. The van der Waals surface area contributed by atoms with Crippen molar-refractivity contribution in [3.8, 4) is 0 Å². The van der Waals surface area contributed by atoms with E-state index < -0.39 is 16.1 Å². The number of carbonyl (C=O) groups is 1. The van der Waals surface area contributed by atoms with Crippen LogP contribution in [0.4, 0.5) is 5.13 Å². The number of aromatic nitrogens is 1. The van der Waals surface area contributed by atoms with E-state index in [2.05, 4.69) is 13.0 Å². The minimum Gasteiger partial charge on any atom is -0.467 e. The molecule has 0 bridgehead atoms. The number of hydrogen-bond acceptors (Lipinski definition) is 6. The van der Waals surface area contributed by atoms with Gasteiger partial charge in [-0.2, -0.15) is 4.31 Å². The standard InChI is InChI=1S/C25H24ClN3O4S2/c1-2-17-7-12-21-23(15-17)34-25(27-21)28(16-19-5-4-14-33-19)24(30)22-6-3-13-29(22)35(31,32)20-10-8-18(26)9-11-20/h4-5,7-12,14-15,22H,2-3,6,13,16H2,1H3. The molecule has 0 saturated carbocycles. The van der Waals surface area contributed by atoms with Crippen LogP contribution in [0.25, 0.3) is 10.2 Å². The number of aryl methyl sites for hydroxylation is 1. The molecule has 1 fully saturated rings. The minimum atomic E-state index is -3.87. The van der Waals surface area contributed by atoms with Crippen molar-refractivity contribution in [1.29, 1.82) is 0 Å². The summed E-state index contributed by atoms with van der Waals surface area (Å²) in [5, 5.41) is 0.968. The number of halogens is 1. The van der Waals surface area contributed by atoms with Gasteiger partial charge in [-0.1, -0.05) is 35.9 Å². The summed E-state index contributed by atoms with van der Waals surface area (Å²) in [6.07, 6.45) is 3.48. The lowest BCUT2D eigenvalue weighted by atomic mass is 10.2. The number of hydrogen-bond donors (Lipinski definition) is 0. The lowest BCUT2D eigenvalue weighted by molar-refractivity contribution is -0.121. The maximum atomic E-state index is 13.9. The number of anilines is 1. The van der Waals surface area contributed by atoms with Crippen molar-refractivity contribution >= 4 is 54.2 Å². The SMILES string of the molecule is CCc1ccc2nc(N(Cc3ccco3)C(=O)C3CCCN3S(=O)(=O)c3ccc(Cl)cc3)sc2c1. The first kappa shape index (κ1) is 24.0. The predicted octanol–water partition coefficient (Wildman–Crippen LogP) is 5.49. The van der Waals surface area contributed by atoms with Crippen LogP contribution >= 0.6 is 22.9 Å². The monoisotopic (exact) mass is 529 g/mol. The normalized spacial score (nSPS) is 16.7. The Morgan fingerprint density at radius 1 is 1.23 bits per heavy atom. The maximum absolute atomic E-state index is 13.9. The van der Waals surface area contributed by atoms with Crippen LogP contribution in [-0.4, -0.2) is 36.2 Å². The van der Waals surface area contributed by atoms with E-state index in [1.54, 1.807) is 23.3 Å². The Hall–Kier alpha value is -2.72. The topological polar surface area (TPSA) is 83.7 Å². The molecule has 35 heavy (non-hydrogen) atoms. The highest BCUT2D eigenvalue weighted by atomic mass is 35.5. The number of furan rings is 1. The van der Waals surface area contributed by atoms with E-state index in [4.69, 9.17) is 21.0 Å². The van der Waals surface area contributed by atoms with Crippen LogP contribution in [0.3, 0.4) is 0 Å². The van der Waals surface area contributed by atoms with Gasteiger partial charge < -0.3 is 4.42 Å². The second kappa shape index (κ2) is 9.73. The van der Waals surface area contributed by atoms with Crippen molar-refractivity contribution in [2.75, 3.05) is 11.4 Å². The summed E-state index contributed by atoms with van der Waals surface area (Å²) < 4.78 is 34.7. The van der Waals surface area contributed by atoms with E-state index in [-0.39, 0.29) is 23.9 Å². The number of rotatable bonds is 7. The number of sulfonamides is 1. The average Bonchev–Trinajstić information content (AvgIpc) is 3.62. The van der Waals surface area contributed by atoms with E-state index in [9.17, 15) is 13.2 Å². The quantitative estimate of drug-likeness (QED) is 0.316. The molecule has 1 unspecified atom stereocenters. The Morgan fingerprint density at radius 2 is 2.03 bits per heavy atom. The van der Waals surface area contributed by atoms with Gasteiger partial charge in [0, 0.05) is 11.6 Å². The summed E-state index contributed by atoms with van der Waals surface area (Å²) in [5.41, 5.74) is 1.99. The molecule has 0 aliphatic carbocycles. The molecule has 1 aliphatic rings. The Labute approximate surface area is 213 Å². The number of thiazole rings is 1. The lowest BCUT2D eigenvalue weighted by Crippen LogP contribution is -2.47. The summed E-state index contributed by atoms with van der Waals surface area (Å²) in [7, 11) is -3.87. The number of nitrogens with zero attached hydrogens (tertiary/aromatic N) is 3. The molecule has 5 rings (SSSR count). The van der Waals surface area contributed by atoms with Gasteiger partial charge >= 0.3 is 0 Å². The molecule has 1 amide bonds. The summed E-state index contributed by atoms with van der Waals surface area (Å²) in [6.45, 7) is 2.53. The van der Waals surface area contributed by atoms with Gasteiger partial charge in [-0.05, 0) is 73.4 Å². The number of carbonyl (C=O) groups excluding carboxylic acids is 1. The fourth-order valence-corrected chi connectivity index (χ4v) is 7.10. The van der Waals surface area contributed by atoms with Gasteiger partial charge in [-0.25, -0.2) is 13.4 Å². The first-order chi connectivity index (χ1) is 16.9. The smallest absolute Gasteiger partial charge is 0.247 e. The van der Waals surface area contributed by atoms with Crippen molar-refractivity contribution in [1.82, 2.24) is 9.29 Å². The molecule has 182 valence electrons. The molecule has 1 saturated heterocycles. The predicted molar refractivity (Wildman–Crippen MR) is 137 cm³/mol. The largest absolute Gasteiger partial charge is 0.467 e. The van der Waals surface area contributed by atoms with Crippen LogP contribution in [0.2, 0.25) is 5.02 Å². The number of benzene rings is 2. The Bertz CT molecular complexity index is 1450. The first-order valence-electron chi connectivity index (χ1n) is 11.4. The third-order valence-corrected chi connectivity index (χ3v) is 9.37. The van der Waals surface area contributed by atoms with Crippen LogP contribution < -0.4 is 4.90 Å². The van der Waals surface area contributed by atoms with Gasteiger partial charge in [-0.15, -0.1) is 0 Å². The van der Waals surface area contributed by atoms with Crippen LogP contribution in [0, 0.1) is 0 Å². The molecule has 1 atom stereocenters.